The normalized spacial score (nSPS) is 17.5. The molecule has 0 saturated carbocycles. The standard InChI is InChI=1S/C10H14N2O/c1-8(11)10(13)12-7-9-5-3-2-4-6-9/h2-6,8H,7,11H2,1H3,(H,12,13)/t8-/m0/s1/i2D,3D,4D,5D,6D. The summed E-state index contributed by atoms with van der Waals surface area (Å²) in [6.07, 6.45) is 0. The molecule has 3 N–H and O–H groups in total. The van der Waals surface area contributed by atoms with E-state index in [1.54, 1.807) is 0 Å². The fourth-order valence-electron chi connectivity index (χ4n) is 0.701. The van der Waals surface area contributed by atoms with Crippen molar-refractivity contribution < 1.29 is 11.6 Å². The first-order valence-electron chi connectivity index (χ1n) is 6.36. The minimum Gasteiger partial charge on any atom is -0.351 e. The molecule has 0 spiro atoms. The quantitative estimate of drug-likeness (QED) is 0.723. The van der Waals surface area contributed by atoms with E-state index < -0.39 is 30.1 Å². The van der Waals surface area contributed by atoms with Crippen molar-refractivity contribution in [2.75, 3.05) is 0 Å². The second-order valence-corrected chi connectivity index (χ2v) is 2.61. The van der Waals surface area contributed by atoms with E-state index >= 15 is 0 Å². The Morgan fingerprint density at radius 3 is 2.77 bits per heavy atom. The zero-order valence-corrected chi connectivity index (χ0v) is 7.27. The molecular formula is C10H14N2O. The molecule has 1 atom stereocenters. The fraction of sp³-hybridized carbons (Fsp3) is 0.300. The summed E-state index contributed by atoms with van der Waals surface area (Å²) in [6.45, 7) is 1.35. The van der Waals surface area contributed by atoms with Crippen LogP contribution in [0.5, 0.6) is 0 Å². The highest BCUT2D eigenvalue weighted by Crippen LogP contribution is 1.96. The van der Waals surface area contributed by atoms with Gasteiger partial charge in [-0.05, 0) is 12.5 Å². The molecule has 0 aliphatic heterocycles. The molecule has 3 heteroatoms. The lowest BCUT2D eigenvalue weighted by molar-refractivity contribution is -0.122. The van der Waals surface area contributed by atoms with E-state index in [1.807, 2.05) is 0 Å². The van der Waals surface area contributed by atoms with Crippen molar-refractivity contribution in [3.8, 4) is 0 Å². The van der Waals surface area contributed by atoms with Crippen molar-refractivity contribution >= 4 is 5.91 Å². The van der Waals surface area contributed by atoms with Crippen LogP contribution in [0, 0.1) is 0 Å². The van der Waals surface area contributed by atoms with Crippen molar-refractivity contribution in [3.05, 3.63) is 35.8 Å². The summed E-state index contributed by atoms with van der Waals surface area (Å²) in [5, 5.41) is 2.42. The van der Waals surface area contributed by atoms with Gasteiger partial charge in [-0.1, -0.05) is 30.2 Å². The highest BCUT2D eigenvalue weighted by atomic mass is 16.2. The van der Waals surface area contributed by atoms with Gasteiger partial charge in [0.05, 0.1) is 12.9 Å². The Morgan fingerprint density at radius 2 is 2.23 bits per heavy atom. The van der Waals surface area contributed by atoms with Crippen LogP contribution in [0.3, 0.4) is 0 Å². The van der Waals surface area contributed by atoms with Gasteiger partial charge in [0, 0.05) is 6.54 Å². The number of carbonyl (C=O) groups excluding carboxylic acids is 1. The Bertz CT molecular complexity index is 461. The maximum Gasteiger partial charge on any atom is 0.236 e. The Hall–Kier alpha value is -1.35. The van der Waals surface area contributed by atoms with Crippen molar-refractivity contribution in [2.24, 2.45) is 5.73 Å². The first-order valence-corrected chi connectivity index (χ1v) is 3.86. The third-order valence-corrected chi connectivity index (χ3v) is 1.40. The number of hydrogen-bond donors (Lipinski definition) is 2. The third-order valence-electron chi connectivity index (χ3n) is 1.40. The predicted molar refractivity (Wildman–Crippen MR) is 51.9 cm³/mol. The van der Waals surface area contributed by atoms with Gasteiger partial charge in [-0.15, -0.1) is 0 Å². The van der Waals surface area contributed by atoms with E-state index in [0.717, 1.165) is 0 Å². The van der Waals surface area contributed by atoms with Crippen molar-refractivity contribution in [2.45, 2.75) is 19.5 Å². The van der Waals surface area contributed by atoms with Gasteiger partial charge >= 0.3 is 0 Å². The van der Waals surface area contributed by atoms with Crippen LogP contribution in [-0.2, 0) is 11.3 Å². The molecule has 0 aromatic heterocycles. The molecule has 0 aliphatic carbocycles. The summed E-state index contributed by atoms with van der Waals surface area (Å²) in [6, 6.07) is -2.62. The molecule has 1 rings (SSSR count). The third kappa shape index (κ3) is 3.25. The minimum atomic E-state index is -0.713. The molecule has 3 nitrogen and oxygen atoms in total. The van der Waals surface area contributed by atoms with Gasteiger partial charge < -0.3 is 11.1 Å². The first-order chi connectivity index (χ1) is 8.27. The average Bonchev–Trinajstić information content (AvgIpc) is 2.33. The molecule has 13 heavy (non-hydrogen) atoms. The molecule has 0 radical (unpaired) electrons. The highest BCUT2D eigenvalue weighted by Gasteiger charge is 2.05. The lowest BCUT2D eigenvalue weighted by Crippen LogP contribution is -2.37. The first kappa shape index (κ1) is 4.77. The predicted octanol–water partition coefficient (Wildman–Crippen LogP) is 0.650. The van der Waals surface area contributed by atoms with Crippen LogP contribution < -0.4 is 11.1 Å². The van der Waals surface area contributed by atoms with Gasteiger partial charge in [-0.2, -0.15) is 0 Å². The van der Waals surface area contributed by atoms with E-state index in [0.29, 0.717) is 0 Å². The SMILES string of the molecule is [2H]c1c([2H])c([2H])c(CNC(=O)[C@H](C)N)c([2H])c1[2H]. The molecule has 1 aromatic rings. The van der Waals surface area contributed by atoms with Crippen LogP contribution in [0.4, 0.5) is 0 Å². The van der Waals surface area contributed by atoms with E-state index in [4.69, 9.17) is 12.6 Å². The molecular weight excluding hydrogens is 164 g/mol. The van der Waals surface area contributed by atoms with Gasteiger partial charge in [-0.25, -0.2) is 0 Å². The number of benzene rings is 1. The summed E-state index contributed by atoms with van der Waals surface area (Å²) < 4.78 is 37.6. The topological polar surface area (TPSA) is 55.1 Å². The van der Waals surface area contributed by atoms with Crippen molar-refractivity contribution in [1.29, 1.82) is 0 Å². The van der Waals surface area contributed by atoms with Crippen molar-refractivity contribution in [3.63, 3.8) is 0 Å². The molecule has 1 amide bonds. The Kier molecular flexibility index (Phi) is 1.69. The summed E-state index contributed by atoms with van der Waals surface area (Å²) in [5.41, 5.74) is 5.40. The van der Waals surface area contributed by atoms with Crippen LogP contribution in [0.15, 0.2) is 30.2 Å². The Labute approximate surface area is 85.0 Å². The molecule has 0 bridgehead atoms. The smallest absolute Gasteiger partial charge is 0.236 e. The monoisotopic (exact) mass is 183 g/mol. The number of hydrogen-bond acceptors (Lipinski definition) is 2. The van der Waals surface area contributed by atoms with Gasteiger partial charge in [0.1, 0.15) is 0 Å². The molecule has 0 fully saturated rings. The zero-order chi connectivity index (χ0) is 14.0. The molecule has 0 saturated heterocycles. The van der Waals surface area contributed by atoms with Gasteiger partial charge in [-0.3, -0.25) is 4.79 Å². The molecule has 0 aliphatic rings. The number of nitrogens with two attached hydrogens (primary N) is 1. The van der Waals surface area contributed by atoms with E-state index in [2.05, 4.69) is 5.32 Å². The summed E-state index contributed by atoms with van der Waals surface area (Å²) >= 11 is 0. The number of carbonyl (C=O) groups is 1. The van der Waals surface area contributed by atoms with E-state index in [9.17, 15) is 4.79 Å². The largest absolute Gasteiger partial charge is 0.351 e. The van der Waals surface area contributed by atoms with Crippen molar-refractivity contribution in [1.82, 2.24) is 5.32 Å². The number of rotatable bonds is 3. The fourth-order valence-corrected chi connectivity index (χ4v) is 0.701. The summed E-state index contributed by atoms with van der Waals surface area (Å²) in [4.78, 5) is 11.3. The van der Waals surface area contributed by atoms with E-state index in [-0.39, 0.29) is 24.2 Å². The van der Waals surface area contributed by atoms with Crippen LogP contribution in [-0.4, -0.2) is 11.9 Å². The second-order valence-electron chi connectivity index (χ2n) is 2.61. The van der Waals surface area contributed by atoms with Crippen LogP contribution in [0.25, 0.3) is 0 Å². The van der Waals surface area contributed by atoms with Crippen LogP contribution >= 0.6 is 0 Å². The Balaban J connectivity index is 3.07. The lowest BCUT2D eigenvalue weighted by Gasteiger charge is -2.06. The maximum atomic E-state index is 11.3. The van der Waals surface area contributed by atoms with Gasteiger partial charge in [0.25, 0.3) is 0 Å². The summed E-state index contributed by atoms with van der Waals surface area (Å²) in [7, 11) is 0. The lowest BCUT2D eigenvalue weighted by atomic mass is 10.2. The molecule has 70 valence electrons. The summed E-state index contributed by atoms with van der Waals surface area (Å²) in [5.74, 6) is -0.443. The van der Waals surface area contributed by atoms with E-state index in [1.165, 1.54) is 6.92 Å². The Morgan fingerprint density at radius 1 is 1.62 bits per heavy atom. The molecule has 1 aromatic carbocycles. The van der Waals surface area contributed by atoms with Gasteiger partial charge in [0.15, 0.2) is 0 Å². The number of nitrogens with one attached hydrogen (secondary N) is 1. The highest BCUT2D eigenvalue weighted by molar-refractivity contribution is 5.80. The second kappa shape index (κ2) is 4.62. The van der Waals surface area contributed by atoms with Gasteiger partial charge in [0.2, 0.25) is 5.91 Å². The zero-order valence-electron chi connectivity index (χ0n) is 12.3. The molecule has 0 unspecified atom stereocenters. The molecule has 0 heterocycles. The minimum absolute atomic E-state index is 0.0509. The average molecular weight is 183 g/mol. The maximum absolute atomic E-state index is 11.3. The van der Waals surface area contributed by atoms with Crippen LogP contribution in [0.2, 0.25) is 0 Å². The number of amides is 1. The van der Waals surface area contributed by atoms with Crippen LogP contribution in [0.1, 0.15) is 19.3 Å².